The van der Waals surface area contributed by atoms with Crippen molar-refractivity contribution in [3.63, 3.8) is 0 Å². The summed E-state index contributed by atoms with van der Waals surface area (Å²) in [6, 6.07) is 8.16. The van der Waals surface area contributed by atoms with Crippen molar-refractivity contribution in [1.82, 2.24) is 4.90 Å². The van der Waals surface area contributed by atoms with Crippen molar-refractivity contribution in [2.45, 2.75) is 32.1 Å². The van der Waals surface area contributed by atoms with Crippen LogP contribution in [0.15, 0.2) is 36.1 Å². The standard InChI is InChI=1S/C19H25NO3/c1-22-17-9-3-2-8-16(17)13-15-7-6-11-20(14-15)19(21)18-10-4-5-12-23-18/h2-3,8-10,15H,4-7,11-14H2,1H3. The molecule has 0 saturated carbocycles. The smallest absolute Gasteiger partial charge is 0.288 e. The van der Waals surface area contributed by atoms with E-state index in [1.54, 1.807) is 7.11 Å². The van der Waals surface area contributed by atoms with Crippen molar-refractivity contribution < 1.29 is 14.3 Å². The molecule has 0 aromatic heterocycles. The number of rotatable bonds is 4. The van der Waals surface area contributed by atoms with Gasteiger partial charge in [0.25, 0.3) is 5.91 Å². The van der Waals surface area contributed by atoms with Crippen LogP contribution in [-0.4, -0.2) is 37.6 Å². The van der Waals surface area contributed by atoms with Gasteiger partial charge in [-0.1, -0.05) is 18.2 Å². The number of carbonyl (C=O) groups is 1. The molecule has 23 heavy (non-hydrogen) atoms. The largest absolute Gasteiger partial charge is 0.496 e. The van der Waals surface area contributed by atoms with Gasteiger partial charge in [-0.15, -0.1) is 0 Å². The average molecular weight is 315 g/mol. The van der Waals surface area contributed by atoms with Gasteiger partial charge < -0.3 is 14.4 Å². The van der Waals surface area contributed by atoms with Crippen LogP contribution in [0, 0.1) is 5.92 Å². The minimum Gasteiger partial charge on any atom is -0.496 e. The summed E-state index contributed by atoms with van der Waals surface area (Å²) in [5, 5.41) is 0. The summed E-state index contributed by atoms with van der Waals surface area (Å²) in [6.45, 7) is 2.30. The molecular formula is C19H25NO3. The van der Waals surface area contributed by atoms with Crippen molar-refractivity contribution in [3.8, 4) is 5.75 Å². The summed E-state index contributed by atoms with van der Waals surface area (Å²) in [6.07, 6.45) is 7.05. The first-order valence-electron chi connectivity index (χ1n) is 8.52. The first-order chi connectivity index (χ1) is 11.3. The molecule has 0 aliphatic carbocycles. The van der Waals surface area contributed by atoms with E-state index in [1.165, 1.54) is 5.56 Å². The molecule has 4 heteroatoms. The molecule has 0 spiro atoms. The molecule has 2 aliphatic heterocycles. The lowest BCUT2D eigenvalue weighted by molar-refractivity contribution is -0.133. The zero-order valence-corrected chi connectivity index (χ0v) is 13.8. The van der Waals surface area contributed by atoms with Crippen LogP contribution in [0.1, 0.15) is 31.2 Å². The number of ether oxygens (including phenoxy) is 2. The van der Waals surface area contributed by atoms with Gasteiger partial charge in [-0.2, -0.15) is 0 Å². The number of allylic oxidation sites excluding steroid dienone is 1. The van der Waals surface area contributed by atoms with Gasteiger partial charge in [0.2, 0.25) is 0 Å². The number of para-hydroxylation sites is 1. The van der Waals surface area contributed by atoms with Crippen molar-refractivity contribution in [1.29, 1.82) is 0 Å². The predicted octanol–water partition coefficient (Wildman–Crippen LogP) is 3.17. The normalized spacial score (nSPS) is 21.3. The Kier molecular flexibility index (Phi) is 5.21. The van der Waals surface area contributed by atoms with E-state index < -0.39 is 0 Å². The number of hydrogen-bond acceptors (Lipinski definition) is 3. The molecule has 1 aromatic carbocycles. The second-order valence-corrected chi connectivity index (χ2v) is 6.33. The van der Waals surface area contributed by atoms with Crippen molar-refractivity contribution in [3.05, 3.63) is 41.7 Å². The highest BCUT2D eigenvalue weighted by Gasteiger charge is 2.27. The average Bonchev–Trinajstić information content (AvgIpc) is 2.62. The lowest BCUT2D eigenvalue weighted by Gasteiger charge is -2.33. The Morgan fingerprint density at radius 1 is 1.35 bits per heavy atom. The molecule has 1 fully saturated rings. The molecule has 0 bridgehead atoms. The van der Waals surface area contributed by atoms with E-state index in [9.17, 15) is 4.79 Å². The fourth-order valence-corrected chi connectivity index (χ4v) is 3.46. The summed E-state index contributed by atoms with van der Waals surface area (Å²) in [4.78, 5) is 14.5. The van der Waals surface area contributed by atoms with Crippen molar-refractivity contribution in [2.75, 3.05) is 26.8 Å². The Hall–Kier alpha value is -1.97. The zero-order chi connectivity index (χ0) is 16.1. The molecule has 1 aromatic rings. The van der Waals surface area contributed by atoms with E-state index in [4.69, 9.17) is 9.47 Å². The van der Waals surface area contributed by atoms with Gasteiger partial charge in [0.05, 0.1) is 13.7 Å². The summed E-state index contributed by atoms with van der Waals surface area (Å²) in [5.74, 6) is 2.03. The topological polar surface area (TPSA) is 38.8 Å². The summed E-state index contributed by atoms with van der Waals surface area (Å²) in [7, 11) is 1.71. The lowest BCUT2D eigenvalue weighted by atomic mass is 9.90. The van der Waals surface area contributed by atoms with Crippen molar-refractivity contribution >= 4 is 5.91 Å². The third-order valence-electron chi connectivity index (χ3n) is 4.65. The van der Waals surface area contributed by atoms with Gasteiger partial charge in [0.15, 0.2) is 5.76 Å². The maximum absolute atomic E-state index is 12.6. The van der Waals surface area contributed by atoms with Crippen LogP contribution in [-0.2, 0) is 16.0 Å². The van der Waals surface area contributed by atoms with E-state index in [-0.39, 0.29) is 5.91 Å². The van der Waals surface area contributed by atoms with Gasteiger partial charge in [0.1, 0.15) is 5.75 Å². The van der Waals surface area contributed by atoms with Gasteiger partial charge in [-0.3, -0.25) is 4.79 Å². The number of methoxy groups -OCH3 is 1. The Labute approximate surface area is 138 Å². The highest BCUT2D eigenvalue weighted by atomic mass is 16.5. The molecule has 2 aliphatic rings. The minimum absolute atomic E-state index is 0.0643. The first-order valence-corrected chi connectivity index (χ1v) is 8.52. The summed E-state index contributed by atoms with van der Waals surface area (Å²) < 4.78 is 11.0. The monoisotopic (exact) mass is 315 g/mol. The number of amides is 1. The maximum atomic E-state index is 12.6. The molecule has 1 unspecified atom stereocenters. The second-order valence-electron chi connectivity index (χ2n) is 6.33. The quantitative estimate of drug-likeness (QED) is 0.856. The molecule has 0 radical (unpaired) electrons. The van der Waals surface area contributed by atoms with Crippen LogP contribution in [0.5, 0.6) is 5.75 Å². The van der Waals surface area contributed by atoms with Crippen LogP contribution >= 0.6 is 0 Å². The Balaban J connectivity index is 1.64. The number of benzene rings is 1. The lowest BCUT2D eigenvalue weighted by Crippen LogP contribution is -2.41. The third kappa shape index (κ3) is 3.87. The van der Waals surface area contributed by atoms with E-state index in [2.05, 4.69) is 6.07 Å². The van der Waals surface area contributed by atoms with E-state index in [0.29, 0.717) is 18.3 Å². The number of carbonyl (C=O) groups excluding carboxylic acids is 1. The first kappa shape index (κ1) is 15.9. The zero-order valence-electron chi connectivity index (χ0n) is 13.8. The molecule has 1 atom stereocenters. The van der Waals surface area contributed by atoms with E-state index >= 15 is 0 Å². The molecule has 1 saturated heterocycles. The summed E-state index contributed by atoms with van der Waals surface area (Å²) in [5.41, 5.74) is 1.22. The molecule has 3 rings (SSSR count). The molecule has 1 amide bonds. The van der Waals surface area contributed by atoms with Gasteiger partial charge in [0, 0.05) is 13.1 Å². The van der Waals surface area contributed by atoms with Gasteiger partial charge in [-0.05, 0) is 55.7 Å². The molecule has 4 nitrogen and oxygen atoms in total. The Morgan fingerprint density at radius 2 is 2.22 bits per heavy atom. The number of likely N-dealkylation sites (tertiary alicyclic amines) is 1. The third-order valence-corrected chi connectivity index (χ3v) is 4.65. The Bertz CT molecular complexity index is 582. The van der Waals surface area contributed by atoms with E-state index in [0.717, 1.165) is 50.9 Å². The van der Waals surface area contributed by atoms with Crippen LogP contribution < -0.4 is 4.74 Å². The van der Waals surface area contributed by atoms with Crippen LogP contribution in [0.3, 0.4) is 0 Å². The molecule has 2 heterocycles. The minimum atomic E-state index is 0.0643. The second kappa shape index (κ2) is 7.53. The number of nitrogens with zero attached hydrogens (tertiary/aromatic N) is 1. The Morgan fingerprint density at radius 3 is 3.00 bits per heavy atom. The van der Waals surface area contributed by atoms with Crippen LogP contribution in [0.4, 0.5) is 0 Å². The van der Waals surface area contributed by atoms with Gasteiger partial charge >= 0.3 is 0 Å². The molecular weight excluding hydrogens is 290 g/mol. The van der Waals surface area contributed by atoms with Crippen molar-refractivity contribution in [2.24, 2.45) is 5.92 Å². The van der Waals surface area contributed by atoms with Crippen LogP contribution in [0.2, 0.25) is 0 Å². The number of piperidine rings is 1. The van der Waals surface area contributed by atoms with Gasteiger partial charge in [-0.25, -0.2) is 0 Å². The highest BCUT2D eigenvalue weighted by Crippen LogP contribution is 2.27. The highest BCUT2D eigenvalue weighted by molar-refractivity contribution is 5.91. The molecule has 0 N–H and O–H groups in total. The van der Waals surface area contributed by atoms with Crippen LogP contribution in [0.25, 0.3) is 0 Å². The van der Waals surface area contributed by atoms with E-state index in [1.807, 2.05) is 29.2 Å². The fraction of sp³-hybridized carbons (Fsp3) is 0.526. The predicted molar refractivity (Wildman–Crippen MR) is 89.3 cm³/mol. The fourth-order valence-electron chi connectivity index (χ4n) is 3.46. The molecule has 124 valence electrons. The SMILES string of the molecule is COc1ccccc1CC1CCCN(C(=O)C2=CCCCO2)C1. The number of hydrogen-bond donors (Lipinski definition) is 0. The maximum Gasteiger partial charge on any atom is 0.288 e. The summed E-state index contributed by atoms with van der Waals surface area (Å²) >= 11 is 0.